The van der Waals surface area contributed by atoms with E-state index in [4.69, 9.17) is 201 Å². The van der Waals surface area contributed by atoms with Gasteiger partial charge in [0, 0.05) is 0 Å². The Morgan fingerprint density at radius 1 is 0.348 bits per heavy atom. The van der Waals surface area contributed by atoms with Gasteiger partial charge in [-0.15, -0.1) is 167 Å². The summed E-state index contributed by atoms with van der Waals surface area (Å²) in [4.78, 5) is 1.60. The highest BCUT2D eigenvalue weighted by atomic mass is 36.0. The lowest BCUT2D eigenvalue weighted by Gasteiger charge is -2.28. The summed E-state index contributed by atoms with van der Waals surface area (Å²) in [5, 5.41) is -2.72. The van der Waals surface area contributed by atoms with Crippen molar-refractivity contribution in [1.29, 1.82) is 0 Å². The lowest BCUT2D eigenvalue weighted by atomic mass is 10.4. The van der Waals surface area contributed by atoms with Gasteiger partial charge in [-0.25, -0.2) is 0 Å². The highest BCUT2D eigenvalue weighted by molar-refractivity contribution is 7.81. The van der Waals surface area contributed by atoms with Crippen LogP contribution in [-0.4, -0.2) is 67.4 Å². The standard InChI is InChI=1S/C6H19NSi2.2C3H10Cl3NSi2.2CH4.BCl5HNSi.BCl3.Cl4Si/c3*1-8(2,3)7-9(4,5)6;;;2-1(3)7-8(4,5)6;2-1(3)4;1-5(2,3)4/h7H,1-6H3;2*7H,1-3H3;2*1H4;7H;;. The van der Waals surface area contributed by atoms with Gasteiger partial charge in [0.05, 0.1) is 0 Å². The van der Waals surface area contributed by atoms with Crippen LogP contribution in [0, 0.1) is 0 Å². The summed E-state index contributed by atoms with van der Waals surface area (Å²) >= 11 is 94.3. The first kappa shape index (κ1) is 70.7. The molecule has 4 nitrogen and oxygen atoms in total. The van der Waals surface area contributed by atoms with Crippen molar-refractivity contribution < 1.29 is 0 Å². The first-order valence-electron chi connectivity index (χ1n) is 11.6. The average Bonchev–Trinajstić information content (AvgIpc) is 2.38. The van der Waals surface area contributed by atoms with Crippen LogP contribution < -0.4 is 18.8 Å². The predicted molar refractivity (Wildman–Crippen MR) is 259 cm³/mol. The summed E-state index contributed by atoms with van der Waals surface area (Å²) in [6.07, 6.45) is -7.95. The van der Waals surface area contributed by atoms with Crippen molar-refractivity contribution in [3.8, 4) is 0 Å². The van der Waals surface area contributed by atoms with E-state index in [1.54, 1.807) is 0 Å². The fourth-order valence-electron chi connectivity index (χ4n) is 2.10. The molecular weight excluding hydrogens is 1110 g/mol. The smallest absolute Gasteiger partial charge is 0.360 e. The molecule has 0 saturated heterocycles. The molecule has 0 fully saturated rings. The third-order valence-corrected chi connectivity index (χ3v) is 23.6. The Morgan fingerprint density at radius 3 is 0.500 bits per heavy atom. The summed E-state index contributed by atoms with van der Waals surface area (Å²) in [7, 11) is -4.72. The highest BCUT2D eigenvalue weighted by Crippen LogP contribution is 2.23. The minimum Gasteiger partial charge on any atom is -0.360 e. The van der Waals surface area contributed by atoms with E-state index in [2.05, 4.69) is 97.4 Å². The second-order valence-electron chi connectivity index (χ2n) is 12.0. The summed E-state index contributed by atoms with van der Waals surface area (Å²) in [5.41, 5.74) is -0.797. The minimum atomic E-state index is -2.82. The van der Waals surface area contributed by atoms with E-state index in [1.807, 2.05) is 0 Å². The van der Waals surface area contributed by atoms with Crippen LogP contribution in [0.1, 0.15) is 14.9 Å². The molecule has 46 heavy (non-hydrogen) atoms. The normalized spacial score (nSPS) is 12.1. The number of hydrogen-bond donors (Lipinski definition) is 4. The second-order valence-corrected chi connectivity index (χ2v) is 71.0. The SMILES string of the molecule is C.C.C[Si](C)(C)N[Si](C)(C)C.C[Si](C)(C)N[Si](Cl)(Cl)Cl.C[Si](C)(C)N[Si](Cl)(Cl)Cl.ClB(Cl)Cl.ClB(Cl)N[Si](Cl)(Cl)Cl.Cl[Si](Cl)(Cl)Cl. The molecule has 0 aromatic rings. The van der Waals surface area contributed by atoms with Gasteiger partial charge in [0.1, 0.15) is 32.9 Å². The van der Waals surface area contributed by atoms with Gasteiger partial charge in [0.2, 0.25) is 0 Å². The molecular formula is C14H48B2Cl18N4Si8. The van der Waals surface area contributed by atoms with Crippen molar-refractivity contribution in [1.82, 2.24) is 18.8 Å². The van der Waals surface area contributed by atoms with Crippen LogP contribution in [0.15, 0.2) is 0 Å². The van der Waals surface area contributed by atoms with Crippen LogP contribution in [0.2, 0.25) is 78.6 Å². The number of halogens is 18. The molecule has 288 valence electrons. The molecule has 0 aromatic carbocycles. The fourth-order valence-corrected chi connectivity index (χ4v) is 36.4. The molecule has 0 aliphatic rings. The van der Waals surface area contributed by atoms with E-state index < -0.39 is 67.4 Å². The zero-order valence-electron chi connectivity index (χ0n) is 26.0. The topological polar surface area (TPSA) is 48.1 Å². The van der Waals surface area contributed by atoms with E-state index in [0.29, 0.717) is 0 Å². The van der Waals surface area contributed by atoms with Crippen LogP contribution in [0.25, 0.3) is 0 Å². The summed E-state index contributed by atoms with van der Waals surface area (Å²) in [5.74, 6) is 0. The van der Waals surface area contributed by atoms with Crippen molar-refractivity contribution in [2.24, 2.45) is 0 Å². The maximum absolute atomic E-state index is 5.61. The first-order valence-corrected chi connectivity index (χ1v) is 48.9. The Morgan fingerprint density at radius 2 is 0.500 bits per heavy atom. The first-order chi connectivity index (χ1) is 18.3. The van der Waals surface area contributed by atoms with Crippen molar-refractivity contribution in [2.75, 3.05) is 0 Å². The number of hydrogen-bond acceptors (Lipinski definition) is 4. The summed E-state index contributed by atoms with van der Waals surface area (Å²) in [6, 6.07) is 0. The van der Waals surface area contributed by atoms with Crippen LogP contribution in [0.3, 0.4) is 0 Å². The summed E-state index contributed by atoms with van der Waals surface area (Å²) in [6.45, 7) is 26.7. The maximum Gasteiger partial charge on any atom is 0.450 e. The van der Waals surface area contributed by atoms with Crippen molar-refractivity contribution in [3.05, 3.63) is 0 Å². The van der Waals surface area contributed by atoms with Crippen LogP contribution >= 0.6 is 201 Å². The van der Waals surface area contributed by atoms with Gasteiger partial charge < -0.3 is 18.8 Å². The predicted octanol–water partition coefficient (Wildman–Crippen LogP) is 14.9. The third-order valence-electron chi connectivity index (χ3n) is 2.06. The van der Waals surface area contributed by atoms with Gasteiger partial charge in [0.15, 0.2) is 0 Å². The van der Waals surface area contributed by atoms with Gasteiger partial charge in [-0.2, -0.15) is 34.4 Å². The Bertz CT molecular complexity index is 585. The minimum absolute atomic E-state index is 0. The molecule has 0 aliphatic carbocycles. The lowest BCUT2D eigenvalue weighted by molar-refractivity contribution is 1.30. The molecule has 0 saturated carbocycles. The van der Waals surface area contributed by atoms with Gasteiger partial charge in [-0.3, -0.25) is 0 Å². The van der Waals surface area contributed by atoms with E-state index in [1.165, 1.54) is 0 Å². The Hall–Kier alpha value is 6.92. The van der Waals surface area contributed by atoms with Gasteiger partial charge in [0.25, 0.3) is 0 Å². The molecule has 0 aliphatic heterocycles. The Kier molecular flexibility index (Phi) is 49.1. The van der Waals surface area contributed by atoms with Gasteiger partial charge in [-0.1, -0.05) is 93.4 Å². The number of nitrogens with one attached hydrogen (secondary N) is 4. The quantitative estimate of drug-likeness (QED) is 0.145. The van der Waals surface area contributed by atoms with E-state index >= 15 is 0 Å². The molecule has 0 aromatic heterocycles. The van der Waals surface area contributed by atoms with Crippen molar-refractivity contribution in [3.63, 3.8) is 0 Å². The maximum atomic E-state index is 5.61. The Labute approximate surface area is 375 Å². The molecule has 0 unspecified atom stereocenters. The molecule has 0 heterocycles. The molecule has 0 spiro atoms. The van der Waals surface area contributed by atoms with Gasteiger partial charge in [-0.05, 0) is 0 Å². The van der Waals surface area contributed by atoms with E-state index in [0.717, 1.165) is 0 Å². The zero-order valence-corrected chi connectivity index (χ0v) is 47.6. The molecule has 0 atom stereocenters. The van der Waals surface area contributed by atoms with Crippen LogP contribution in [0.4, 0.5) is 0 Å². The molecule has 32 heteroatoms. The largest absolute Gasteiger partial charge is 0.450 e. The van der Waals surface area contributed by atoms with Gasteiger partial charge >= 0.3 is 34.4 Å². The molecule has 4 N–H and O–H groups in total. The van der Waals surface area contributed by atoms with Crippen LogP contribution in [-0.2, 0) is 0 Å². The molecule has 0 amide bonds. The zero-order chi connectivity index (χ0) is 38.0. The molecule has 0 rings (SSSR count). The summed E-state index contributed by atoms with van der Waals surface area (Å²) < 4.78 is 9.80. The lowest BCUT2D eigenvalue weighted by Crippen LogP contribution is -2.55. The van der Waals surface area contributed by atoms with E-state index in [9.17, 15) is 0 Å². The second kappa shape index (κ2) is 31.9. The molecule has 0 bridgehead atoms. The highest BCUT2D eigenvalue weighted by Gasteiger charge is 2.32. The van der Waals surface area contributed by atoms with E-state index in [-0.39, 0.29) is 14.9 Å². The van der Waals surface area contributed by atoms with Crippen LogP contribution in [0.5, 0.6) is 0 Å². The third kappa shape index (κ3) is 142. The number of rotatable bonds is 8. The van der Waals surface area contributed by atoms with Crippen molar-refractivity contribution >= 4 is 269 Å². The average molecular weight is 1160 g/mol. The Balaban J connectivity index is -0.0000000635. The monoisotopic (exact) mass is 1150 g/mol. The fraction of sp³-hybridized carbons (Fsp3) is 1.00. The van der Waals surface area contributed by atoms with Crippen molar-refractivity contribution in [2.45, 2.75) is 93.4 Å². The molecule has 0 radical (unpaired) electrons.